The molecule has 160 valence electrons. The van der Waals surface area contributed by atoms with Crippen LogP contribution in [0.4, 0.5) is 0 Å². The van der Waals surface area contributed by atoms with Crippen molar-refractivity contribution in [3.63, 3.8) is 0 Å². The Balaban J connectivity index is 1.63. The standard InChI is InChI=1S/C22H29N5O3/c1-24-18-17(19(29)25(2)21(24)30)27-12-16(26(4-3-5-28)20(27)23-18)22-9-13-6-14(10-22)8-15(7-13)11-22/h12-15,28H,3-11H2,1-2H3. The second-order valence-corrected chi connectivity index (χ2v) is 10.1. The van der Waals surface area contributed by atoms with Crippen LogP contribution in [0.15, 0.2) is 15.8 Å². The van der Waals surface area contributed by atoms with Gasteiger partial charge in [-0.2, -0.15) is 4.98 Å². The molecule has 4 fully saturated rings. The SMILES string of the molecule is Cn1c(=O)c2c(nc3n(CCCO)c(C45CC6CC(CC(C6)C4)C5)cn23)n(C)c1=O. The first kappa shape index (κ1) is 18.4. The molecule has 0 spiro atoms. The summed E-state index contributed by atoms with van der Waals surface area (Å²) >= 11 is 0. The number of hydrogen-bond donors (Lipinski definition) is 1. The smallest absolute Gasteiger partial charge is 0.332 e. The van der Waals surface area contributed by atoms with Gasteiger partial charge in [0.05, 0.1) is 0 Å². The van der Waals surface area contributed by atoms with Crippen LogP contribution in [0.25, 0.3) is 16.9 Å². The molecule has 3 aromatic heterocycles. The van der Waals surface area contributed by atoms with Gasteiger partial charge in [0.15, 0.2) is 11.2 Å². The fourth-order valence-electron chi connectivity index (χ4n) is 7.31. The van der Waals surface area contributed by atoms with Gasteiger partial charge in [0.25, 0.3) is 5.56 Å². The van der Waals surface area contributed by atoms with Crippen molar-refractivity contribution in [2.45, 2.75) is 56.9 Å². The molecular formula is C22H29N5O3. The quantitative estimate of drug-likeness (QED) is 0.706. The first-order chi connectivity index (χ1) is 14.4. The Labute approximate surface area is 173 Å². The van der Waals surface area contributed by atoms with E-state index in [0.717, 1.165) is 22.3 Å². The minimum Gasteiger partial charge on any atom is -0.396 e. The van der Waals surface area contributed by atoms with Crippen LogP contribution in [0, 0.1) is 17.8 Å². The number of aliphatic hydroxyl groups is 1. The van der Waals surface area contributed by atoms with Crippen LogP contribution in [0.2, 0.25) is 0 Å². The van der Waals surface area contributed by atoms with Crippen LogP contribution < -0.4 is 11.2 Å². The Morgan fingerprint density at radius 2 is 1.70 bits per heavy atom. The van der Waals surface area contributed by atoms with Gasteiger partial charge < -0.3 is 9.67 Å². The monoisotopic (exact) mass is 411 g/mol. The van der Waals surface area contributed by atoms with E-state index in [1.165, 1.54) is 55.8 Å². The molecule has 0 radical (unpaired) electrons. The van der Waals surface area contributed by atoms with Gasteiger partial charge in [-0.05, 0) is 62.7 Å². The molecule has 1 N–H and O–H groups in total. The van der Waals surface area contributed by atoms with Gasteiger partial charge in [-0.25, -0.2) is 4.79 Å². The molecule has 0 aliphatic heterocycles. The highest BCUT2D eigenvalue weighted by molar-refractivity contribution is 5.75. The Morgan fingerprint density at radius 1 is 1.07 bits per heavy atom. The lowest BCUT2D eigenvalue weighted by Crippen LogP contribution is -2.49. The predicted octanol–water partition coefficient (Wildman–Crippen LogP) is 1.54. The number of hydrogen-bond acceptors (Lipinski definition) is 4. The number of aryl methyl sites for hydroxylation is 2. The maximum absolute atomic E-state index is 13.0. The van der Waals surface area contributed by atoms with Gasteiger partial charge in [0.2, 0.25) is 5.78 Å². The third-order valence-corrected chi connectivity index (χ3v) is 8.18. The summed E-state index contributed by atoms with van der Waals surface area (Å²) in [7, 11) is 3.18. The van der Waals surface area contributed by atoms with E-state index < -0.39 is 0 Å². The number of nitrogens with zero attached hydrogens (tertiary/aromatic N) is 5. The number of aliphatic hydroxyl groups excluding tert-OH is 1. The molecular weight excluding hydrogens is 382 g/mol. The zero-order valence-corrected chi connectivity index (χ0v) is 17.7. The van der Waals surface area contributed by atoms with Gasteiger partial charge >= 0.3 is 5.69 Å². The lowest BCUT2D eigenvalue weighted by atomic mass is 9.49. The van der Waals surface area contributed by atoms with E-state index in [9.17, 15) is 14.7 Å². The van der Waals surface area contributed by atoms with E-state index in [0.29, 0.717) is 29.9 Å². The molecule has 3 aromatic rings. The summed E-state index contributed by atoms with van der Waals surface area (Å²) in [6.07, 6.45) is 10.6. The summed E-state index contributed by atoms with van der Waals surface area (Å²) in [6.45, 7) is 0.785. The van der Waals surface area contributed by atoms with Crippen LogP contribution >= 0.6 is 0 Å². The topological polar surface area (TPSA) is 86.5 Å². The summed E-state index contributed by atoms with van der Waals surface area (Å²) in [5.41, 5.74) is 1.64. The Kier molecular flexibility index (Phi) is 3.74. The zero-order valence-electron chi connectivity index (χ0n) is 17.7. The van der Waals surface area contributed by atoms with E-state index in [-0.39, 0.29) is 23.3 Å². The number of imidazole rings is 2. The molecule has 0 saturated heterocycles. The van der Waals surface area contributed by atoms with Crippen molar-refractivity contribution in [2.24, 2.45) is 31.8 Å². The van der Waals surface area contributed by atoms with Gasteiger partial charge in [0.1, 0.15) is 0 Å². The Morgan fingerprint density at radius 3 is 2.30 bits per heavy atom. The maximum atomic E-state index is 13.0. The van der Waals surface area contributed by atoms with Crippen molar-refractivity contribution < 1.29 is 5.11 Å². The molecule has 7 rings (SSSR count). The minimum atomic E-state index is -0.364. The molecule has 0 aromatic carbocycles. The second-order valence-electron chi connectivity index (χ2n) is 10.1. The van der Waals surface area contributed by atoms with Crippen LogP contribution in [0.5, 0.6) is 0 Å². The molecule has 0 atom stereocenters. The molecule has 4 aliphatic rings. The predicted molar refractivity (Wildman–Crippen MR) is 113 cm³/mol. The van der Waals surface area contributed by atoms with Crippen LogP contribution in [0.3, 0.4) is 0 Å². The highest BCUT2D eigenvalue weighted by Crippen LogP contribution is 2.60. The summed E-state index contributed by atoms with van der Waals surface area (Å²) in [6, 6.07) is 0. The average molecular weight is 412 g/mol. The minimum absolute atomic E-state index is 0.116. The van der Waals surface area contributed by atoms with Crippen molar-refractivity contribution in [1.82, 2.24) is 23.1 Å². The highest BCUT2D eigenvalue weighted by atomic mass is 16.3. The summed E-state index contributed by atoms with van der Waals surface area (Å²) < 4.78 is 6.74. The van der Waals surface area contributed by atoms with Gasteiger partial charge in [0, 0.05) is 44.6 Å². The average Bonchev–Trinajstić information content (AvgIpc) is 3.25. The van der Waals surface area contributed by atoms with Crippen LogP contribution in [-0.2, 0) is 26.1 Å². The fourth-order valence-corrected chi connectivity index (χ4v) is 7.31. The zero-order chi connectivity index (χ0) is 20.8. The lowest BCUT2D eigenvalue weighted by Gasteiger charge is -2.56. The normalized spacial score (nSPS) is 30.2. The van der Waals surface area contributed by atoms with Crippen molar-refractivity contribution in [1.29, 1.82) is 0 Å². The largest absolute Gasteiger partial charge is 0.396 e. The first-order valence-electron chi connectivity index (χ1n) is 11.2. The molecule has 8 heteroatoms. The summed E-state index contributed by atoms with van der Waals surface area (Å²) in [4.78, 5) is 30.2. The molecule has 3 heterocycles. The van der Waals surface area contributed by atoms with Crippen LogP contribution in [0.1, 0.15) is 50.6 Å². The molecule has 0 unspecified atom stereocenters. The highest BCUT2D eigenvalue weighted by Gasteiger charge is 2.53. The fraction of sp³-hybridized carbons (Fsp3) is 0.682. The van der Waals surface area contributed by atoms with Gasteiger partial charge in [-0.1, -0.05) is 0 Å². The van der Waals surface area contributed by atoms with E-state index in [4.69, 9.17) is 4.98 Å². The third-order valence-electron chi connectivity index (χ3n) is 8.18. The van der Waals surface area contributed by atoms with Crippen molar-refractivity contribution in [2.75, 3.05) is 6.61 Å². The summed E-state index contributed by atoms with van der Waals surface area (Å²) in [5, 5.41) is 9.52. The Bertz CT molecular complexity index is 1260. The molecule has 8 nitrogen and oxygen atoms in total. The van der Waals surface area contributed by atoms with E-state index in [1.807, 2.05) is 4.40 Å². The van der Waals surface area contributed by atoms with Crippen molar-refractivity contribution >= 4 is 16.9 Å². The van der Waals surface area contributed by atoms with Crippen LogP contribution in [-0.4, -0.2) is 34.8 Å². The molecule has 4 bridgehead atoms. The molecule has 4 aliphatic carbocycles. The van der Waals surface area contributed by atoms with E-state index in [1.54, 1.807) is 7.05 Å². The van der Waals surface area contributed by atoms with E-state index >= 15 is 0 Å². The summed E-state index contributed by atoms with van der Waals surface area (Å²) in [5.74, 6) is 3.16. The van der Waals surface area contributed by atoms with Crippen molar-refractivity contribution in [3.8, 4) is 0 Å². The van der Waals surface area contributed by atoms with E-state index in [2.05, 4.69) is 10.8 Å². The number of rotatable bonds is 4. The number of fused-ring (bicyclic) bond motifs is 3. The first-order valence-corrected chi connectivity index (χ1v) is 11.2. The molecule has 30 heavy (non-hydrogen) atoms. The maximum Gasteiger partial charge on any atom is 0.332 e. The van der Waals surface area contributed by atoms with Gasteiger partial charge in [-0.15, -0.1) is 0 Å². The molecule has 4 saturated carbocycles. The third kappa shape index (κ3) is 2.28. The second kappa shape index (κ2) is 6.09. The Hall–Kier alpha value is -2.35. The van der Waals surface area contributed by atoms with Gasteiger partial charge in [-0.3, -0.25) is 18.3 Å². The molecule has 0 amide bonds. The van der Waals surface area contributed by atoms with Crippen molar-refractivity contribution in [3.05, 3.63) is 32.7 Å². The number of aromatic nitrogens is 5. The lowest BCUT2D eigenvalue weighted by molar-refractivity contribution is -0.00881.